The molecule has 0 saturated carbocycles. The van der Waals surface area contributed by atoms with Crippen molar-refractivity contribution in [2.45, 2.75) is 25.8 Å². The minimum Gasteiger partial charge on any atom is -0.368 e. The zero-order chi connectivity index (χ0) is 10.6. The van der Waals surface area contributed by atoms with Gasteiger partial charge in [0, 0.05) is 0 Å². The van der Waals surface area contributed by atoms with E-state index in [4.69, 9.17) is 11.5 Å². The number of hydrogen-bond acceptors (Lipinski definition) is 2. The van der Waals surface area contributed by atoms with Crippen LogP contribution in [0.15, 0.2) is 24.3 Å². The van der Waals surface area contributed by atoms with Crippen molar-refractivity contribution in [3.63, 3.8) is 0 Å². The summed E-state index contributed by atoms with van der Waals surface area (Å²) in [5, 5.41) is 0. The SMILES string of the molecule is CCc1ccc(CC(N)C(N)=O)cc1. The molecule has 1 aromatic carbocycles. The summed E-state index contributed by atoms with van der Waals surface area (Å²) in [7, 11) is 0. The lowest BCUT2D eigenvalue weighted by atomic mass is 10.0. The second-order valence-electron chi connectivity index (χ2n) is 3.38. The lowest BCUT2D eigenvalue weighted by Crippen LogP contribution is -2.38. The summed E-state index contributed by atoms with van der Waals surface area (Å²) in [6.45, 7) is 2.10. The van der Waals surface area contributed by atoms with E-state index in [0.717, 1.165) is 12.0 Å². The number of aryl methyl sites for hydroxylation is 1. The Bertz CT molecular complexity index is 306. The molecule has 1 rings (SSSR count). The molecule has 3 heteroatoms. The van der Waals surface area contributed by atoms with E-state index in [1.54, 1.807) is 0 Å². The van der Waals surface area contributed by atoms with Gasteiger partial charge in [0.2, 0.25) is 5.91 Å². The molecule has 0 fully saturated rings. The summed E-state index contributed by atoms with van der Waals surface area (Å²) in [6.07, 6.45) is 1.53. The smallest absolute Gasteiger partial charge is 0.234 e. The Labute approximate surface area is 84.1 Å². The topological polar surface area (TPSA) is 69.1 Å². The van der Waals surface area contributed by atoms with Gasteiger partial charge in [0.15, 0.2) is 0 Å². The highest BCUT2D eigenvalue weighted by Crippen LogP contribution is 2.06. The Kier molecular flexibility index (Phi) is 3.65. The molecule has 0 saturated heterocycles. The molecule has 0 aliphatic carbocycles. The highest BCUT2D eigenvalue weighted by Gasteiger charge is 2.09. The van der Waals surface area contributed by atoms with E-state index in [1.807, 2.05) is 24.3 Å². The standard InChI is InChI=1S/C11H16N2O/c1-2-8-3-5-9(6-4-8)7-10(12)11(13)14/h3-6,10H,2,7,12H2,1H3,(H2,13,14). The normalized spacial score (nSPS) is 12.4. The number of hydrogen-bond donors (Lipinski definition) is 2. The van der Waals surface area contributed by atoms with Crippen molar-refractivity contribution in [2.24, 2.45) is 11.5 Å². The van der Waals surface area contributed by atoms with E-state index in [2.05, 4.69) is 6.92 Å². The van der Waals surface area contributed by atoms with Gasteiger partial charge in [-0.15, -0.1) is 0 Å². The Morgan fingerprint density at radius 2 is 1.79 bits per heavy atom. The van der Waals surface area contributed by atoms with E-state index in [0.29, 0.717) is 6.42 Å². The van der Waals surface area contributed by atoms with Crippen LogP contribution in [0, 0.1) is 0 Å². The van der Waals surface area contributed by atoms with Gasteiger partial charge in [-0.1, -0.05) is 31.2 Å². The van der Waals surface area contributed by atoms with E-state index in [1.165, 1.54) is 5.56 Å². The van der Waals surface area contributed by atoms with Gasteiger partial charge in [-0.2, -0.15) is 0 Å². The Hall–Kier alpha value is -1.35. The van der Waals surface area contributed by atoms with Gasteiger partial charge < -0.3 is 11.5 Å². The quantitative estimate of drug-likeness (QED) is 0.733. The predicted molar refractivity (Wildman–Crippen MR) is 56.7 cm³/mol. The number of amides is 1. The maximum absolute atomic E-state index is 10.7. The van der Waals surface area contributed by atoms with Crippen LogP contribution in [0.5, 0.6) is 0 Å². The zero-order valence-corrected chi connectivity index (χ0v) is 8.36. The van der Waals surface area contributed by atoms with Crippen LogP contribution in [0.2, 0.25) is 0 Å². The van der Waals surface area contributed by atoms with Gasteiger partial charge in [0.25, 0.3) is 0 Å². The lowest BCUT2D eigenvalue weighted by molar-refractivity contribution is -0.119. The number of benzene rings is 1. The molecule has 1 unspecified atom stereocenters. The molecule has 0 aliphatic heterocycles. The molecular weight excluding hydrogens is 176 g/mol. The molecule has 1 amide bonds. The first kappa shape index (κ1) is 10.7. The molecule has 1 atom stereocenters. The van der Waals surface area contributed by atoms with Gasteiger partial charge in [0.1, 0.15) is 0 Å². The minimum atomic E-state index is -0.581. The van der Waals surface area contributed by atoms with Crippen LogP contribution in [0.3, 0.4) is 0 Å². The molecule has 0 aliphatic rings. The molecule has 1 aromatic rings. The predicted octanol–water partition coefficient (Wildman–Crippen LogP) is 0.604. The van der Waals surface area contributed by atoms with Gasteiger partial charge in [-0.05, 0) is 24.0 Å². The van der Waals surface area contributed by atoms with Crippen LogP contribution in [-0.4, -0.2) is 11.9 Å². The summed E-state index contributed by atoms with van der Waals surface area (Å²) in [4.78, 5) is 10.7. The first-order valence-electron chi connectivity index (χ1n) is 4.76. The van der Waals surface area contributed by atoms with Crippen LogP contribution < -0.4 is 11.5 Å². The minimum absolute atomic E-state index is 0.454. The maximum atomic E-state index is 10.7. The van der Waals surface area contributed by atoms with Crippen molar-refractivity contribution < 1.29 is 4.79 Å². The average molecular weight is 192 g/mol. The van der Waals surface area contributed by atoms with Crippen LogP contribution in [0.1, 0.15) is 18.1 Å². The first-order valence-corrected chi connectivity index (χ1v) is 4.76. The van der Waals surface area contributed by atoms with E-state index in [9.17, 15) is 4.79 Å². The van der Waals surface area contributed by atoms with Crippen molar-refractivity contribution in [1.29, 1.82) is 0 Å². The zero-order valence-electron chi connectivity index (χ0n) is 8.36. The Morgan fingerprint density at radius 3 is 2.21 bits per heavy atom. The highest BCUT2D eigenvalue weighted by atomic mass is 16.1. The van der Waals surface area contributed by atoms with Crippen LogP contribution in [0.4, 0.5) is 0 Å². The summed E-state index contributed by atoms with van der Waals surface area (Å²) in [5.74, 6) is -0.454. The van der Waals surface area contributed by atoms with Crippen LogP contribution in [-0.2, 0) is 17.6 Å². The molecule has 0 aromatic heterocycles. The van der Waals surface area contributed by atoms with Gasteiger partial charge in [-0.25, -0.2) is 0 Å². The van der Waals surface area contributed by atoms with Crippen molar-refractivity contribution in [1.82, 2.24) is 0 Å². The Morgan fingerprint density at radius 1 is 1.29 bits per heavy atom. The highest BCUT2D eigenvalue weighted by molar-refractivity contribution is 5.79. The van der Waals surface area contributed by atoms with E-state index >= 15 is 0 Å². The second kappa shape index (κ2) is 4.77. The van der Waals surface area contributed by atoms with Crippen LogP contribution in [0.25, 0.3) is 0 Å². The number of nitrogens with two attached hydrogens (primary N) is 2. The number of carbonyl (C=O) groups is 1. The van der Waals surface area contributed by atoms with Crippen molar-refractivity contribution in [3.8, 4) is 0 Å². The molecule has 0 heterocycles. The summed E-state index contributed by atoms with van der Waals surface area (Å²) >= 11 is 0. The summed E-state index contributed by atoms with van der Waals surface area (Å²) in [5.41, 5.74) is 12.9. The first-order chi connectivity index (χ1) is 6.63. The van der Waals surface area contributed by atoms with E-state index in [-0.39, 0.29) is 0 Å². The van der Waals surface area contributed by atoms with Crippen molar-refractivity contribution in [3.05, 3.63) is 35.4 Å². The van der Waals surface area contributed by atoms with E-state index < -0.39 is 11.9 Å². The molecular formula is C11H16N2O. The largest absolute Gasteiger partial charge is 0.368 e. The molecule has 0 spiro atoms. The van der Waals surface area contributed by atoms with Crippen molar-refractivity contribution in [2.75, 3.05) is 0 Å². The molecule has 14 heavy (non-hydrogen) atoms. The van der Waals surface area contributed by atoms with Crippen LogP contribution >= 0.6 is 0 Å². The second-order valence-corrected chi connectivity index (χ2v) is 3.38. The number of carbonyl (C=O) groups excluding carboxylic acids is 1. The monoisotopic (exact) mass is 192 g/mol. The fourth-order valence-corrected chi connectivity index (χ4v) is 1.27. The fraction of sp³-hybridized carbons (Fsp3) is 0.364. The van der Waals surface area contributed by atoms with Crippen molar-refractivity contribution >= 4 is 5.91 Å². The third-order valence-corrected chi connectivity index (χ3v) is 2.25. The Balaban J connectivity index is 2.64. The average Bonchev–Trinajstić information content (AvgIpc) is 2.19. The van der Waals surface area contributed by atoms with Gasteiger partial charge >= 0.3 is 0 Å². The molecule has 0 bridgehead atoms. The number of primary amides is 1. The summed E-state index contributed by atoms with van der Waals surface area (Å²) < 4.78 is 0. The maximum Gasteiger partial charge on any atom is 0.234 e. The van der Waals surface area contributed by atoms with Gasteiger partial charge in [0.05, 0.1) is 6.04 Å². The third-order valence-electron chi connectivity index (χ3n) is 2.25. The van der Waals surface area contributed by atoms with Gasteiger partial charge in [-0.3, -0.25) is 4.79 Å². The molecule has 3 nitrogen and oxygen atoms in total. The molecule has 0 radical (unpaired) electrons. The lowest BCUT2D eigenvalue weighted by Gasteiger charge is -2.07. The summed E-state index contributed by atoms with van der Waals surface area (Å²) in [6, 6.07) is 7.48. The number of rotatable bonds is 4. The molecule has 76 valence electrons. The molecule has 4 N–H and O–H groups in total. The third kappa shape index (κ3) is 2.85. The fourth-order valence-electron chi connectivity index (χ4n) is 1.27.